The molecule has 2 heterocycles. The normalized spacial score (nSPS) is 19.5. The van der Waals surface area contributed by atoms with Crippen LogP contribution in [0.1, 0.15) is 65.7 Å². The Bertz CT molecular complexity index is 487. The van der Waals surface area contributed by atoms with Crippen LogP contribution in [-0.4, -0.2) is 32.1 Å². The number of hydrogen-bond acceptors (Lipinski definition) is 3. The minimum atomic E-state index is 0.0236. The van der Waals surface area contributed by atoms with E-state index >= 15 is 0 Å². The van der Waals surface area contributed by atoms with E-state index in [4.69, 9.17) is 0 Å². The van der Waals surface area contributed by atoms with Crippen molar-refractivity contribution >= 4 is 5.91 Å². The summed E-state index contributed by atoms with van der Waals surface area (Å²) >= 11 is 0. The average molecular weight is 292 g/mol. The molecule has 1 fully saturated rings. The van der Waals surface area contributed by atoms with Crippen LogP contribution in [0.2, 0.25) is 0 Å². The molecule has 0 aromatic carbocycles. The highest BCUT2D eigenvalue weighted by Crippen LogP contribution is 2.33. The van der Waals surface area contributed by atoms with Gasteiger partial charge in [0.15, 0.2) is 5.82 Å². The average Bonchev–Trinajstić information content (AvgIpc) is 2.92. The van der Waals surface area contributed by atoms with Crippen LogP contribution in [0.4, 0.5) is 0 Å². The van der Waals surface area contributed by atoms with Gasteiger partial charge in [0, 0.05) is 19.5 Å². The molecule has 5 heteroatoms. The molecule has 1 saturated heterocycles. The molecule has 118 valence electrons. The molecule has 21 heavy (non-hydrogen) atoms. The second-order valence-corrected chi connectivity index (χ2v) is 7.72. The summed E-state index contributed by atoms with van der Waals surface area (Å²) in [5.41, 5.74) is 0.0236. The molecule has 0 bridgehead atoms. The lowest BCUT2D eigenvalue weighted by Crippen LogP contribution is -2.34. The van der Waals surface area contributed by atoms with Crippen molar-refractivity contribution in [3.63, 3.8) is 0 Å². The Hall–Kier alpha value is -1.39. The quantitative estimate of drug-likeness (QED) is 0.857. The van der Waals surface area contributed by atoms with E-state index in [9.17, 15) is 4.79 Å². The van der Waals surface area contributed by atoms with E-state index in [0.29, 0.717) is 12.3 Å². The van der Waals surface area contributed by atoms with Crippen LogP contribution in [-0.2, 0) is 11.3 Å². The van der Waals surface area contributed by atoms with Crippen molar-refractivity contribution in [1.82, 2.24) is 19.7 Å². The monoisotopic (exact) mass is 292 g/mol. The van der Waals surface area contributed by atoms with Crippen LogP contribution < -0.4 is 0 Å². The van der Waals surface area contributed by atoms with Gasteiger partial charge in [0.05, 0.1) is 6.04 Å². The molecule has 1 aromatic rings. The third kappa shape index (κ3) is 4.05. The van der Waals surface area contributed by atoms with Gasteiger partial charge < -0.3 is 9.47 Å². The third-order valence-electron chi connectivity index (χ3n) is 3.76. The summed E-state index contributed by atoms with van der Waals surface area (Å²) in [7, 11) is 0. The first-order valence-electron chi connectivity index (χ1n) is 7.95. The summed E-state index contributed by atoms with van der Waals surface area (Å²) in [6, 6.07) is 0.0982. The molecule has 0 aliphatic carbocycles. The van der Waals surface area contributed by atoms with Crippen molar-refractivity contribution < 1.29 is 4.79 Å². The van der Waals surface area contributed by atoms with E-state index < -0.39 is 0 Å². The van der Waals surface area contributed by atoms with E-state index in [1.54, 1.807) is 6.33 Å². The molecule has 1 aromatic heterocycles. The van der Waals surface area contributed by atoms with Gasteiger partial charge >= 0.3 is 0 Å². The number of amides is 1. The maximum absolute atomic E-state index is 12.6. The minimum Gasteiger partial charge on any atom is -0.332 e. The zero-order valence-electron chi connectivity index (χ0n) is 14.0. The highest BCUT2D eigenvalue weighted by atomic mass is 16.2. The molecule has 1 unspecified atom stereocenters. The van der Waals surface area contributed by atoms with Crippen LogP contribution in [0.25, 0.3) is 0 Å². The fourth-order valence-corrected chi connectivity index (χ4v) is 2.94. The largest absolute Gasteiger partial charge is 0.332 e. The molecule has 0 spiro atoms. The predicted molar refractivity (Wildman–Crippen MR) is 82.6 cm³/mol. The Balaban J connectivity index is 2.15. The van der Waals surface area contributed by atoms with Crippen molar-refractivity contribution in [2.24, 2.45) is 11.3 Å². The summed E-state index contributed by atoms with van der Waals surface area (Å²) in [5, 5.41) is 8.36. The molecule has 1 amide bonds. The standard InChI is InChI=1S/C16H28N4O/c1-12(2)10-19-11-17-18-15(19)13-7-6-8-20(13)14(21)9-16(3,4)5/h11-13H,6-10H2,1-5H3. The number of rotatable bonds is 4. The van der Waals surface area contributed by atoms with Crippen molar-refractivity contribution in [2.45, 2.75) is 66.5 Å². The summed E-state index contributed by atoms with van der Waals surface area (Å²) in [6.45, 7) is 12.4. The van der Waals surface area contributed by atoms with E-state index in [-0.39, 0.29) is 17.4 Å². The van der Waals surface area contributed by atoms with Crippen molar-refractivity contribution in [3.05, 3.63) is 12.2 Å². The fourth-order valence-electron chi connectivity index (χ4n) is 2.94. The molecule has 5 nitrogen and oxygen atoms in total. The lowest BCUT2D eigenvalue weighted by Gasteiger charge is -2.28. The molecule has 1 aliphatic heterocycles. The smallest absolute Gasteiger partial charge is 0.223 e. The number of carbonyl (C=O) groups is 1. The Morgan fingerprint density at radius 2 is 2.14 bits per heavy atom. The van der Waals surface area contributed by atoms with Gasteiger partial charge in [-0.15, -0.1) is 10.2 Å². The van der Waals surface area contributed by atoms with Crippen LogP contribution >= 0.6 is 0 Å². The van der Waals surface area contributed by atoms with Crippen LogP contribution in [0.3, 0.4) is 0 Å². The summed E-state index contributed by atoms with van der Waals surface area (Å²) < 4.78 is 2.11. The molecular weight excluding hydrogens is 264 g/mol. The highest BCUT2D eigenvalue weighted by molar-refractivity contribution is 5.77. The van der Waals surface area contributed by atoms with Gasteiger partial charge in [-0.1, -0.05) is 34.6 Å². The van der Waals surface area contributed by atoms with Crippen molar-refractivity contribution in [3.8, 4) is 0 Å². The first-order chi connectivity index (χ1) is 9.78. The molecule has 0 N–H and O–H groups in total. The molecule has 0 radical (unpaired) electrons. The van der Waals surface area contributed by atoms with Crippen LogP contribution in [0, 0.1) is 11.3 Å². The molecule has 1 atom stereocenters. The van der Waals surface area contributed by atoms with Gasteiger partial charge in [-0.05, 0) is 24.2 Å². The van der Waals surface area contributed by atoms with E-state index in [1.165, 1.54) is 0 Å². The SMILES string of the molecule is CC(C)Cn1cnnc1C1CCCN1C(=O)CC(C)(C)C. The fraction of sp³-hybridized carbons (Fsp3) is 0.812. The number of aromatic nitrogens is 3. The van der Waals surface area contributed by atoms with E-state index in [1.807, 2.05) is 4.90 Å². The number of hydrogen-bond donors (Lipinski definition) is 0. The maximum atomic E-state index is 12.6. The van der Waals surface area contributed by atoms with Crippen molar-refractivity contribution in [1.29, 1.82) is 0 Å². The zero-order valence-corrected chi connectivity index (χ0v) is 14.0. The van der Waals surface area contributed by atoms with E-state index in [0.717, 1.165) is 31.8 Å². The Labute approximate surface area is 127 Å². The summed E-state index contributed by atoms with van der Waals surface area (Å²) in [6.07, 6.45) is 4.42. The first-order valence-corrected chi connectivity index (χ1v) is 7.95. The molecule has 2 rings (SSSR count). The molecular formula is C16H28N4O. The van der Waals surface area contributed by atoms with Gasteiger partial charge in [0.2, 0.25) is 5.91 Å². The first kappa shape index (κ1) is 16.0. The Morgan fingerprint density at radius 3 is 2.76 bits per heavy atom. The number of nitrogens with zero attached hydrogens (tertiary/aromatic N) is 4. The maximum Gasteiger partial charge on any atom is 0.223 e. The molecule has 1 aliphatic rings. The van der Waals surface area contributed by atoms with Gasteiger partial charge in [-0.3, -0.25) is 4.79 Å². The lowest BCUT2D eigenvalue weighted by atomic mass is 9.91. The van der Waals surface area contributed by atoms with Gasteiger partial charge in [-0.2, -0.15) is 0 Å². The van der Waals surface area contributed by atoms with E-state index in [2.05, 4.69) is 49.4 Å². The summed E-state index contributed by atoms with van der Waals surface area (Å²) in [5.74, 6) is 1.73. The molecule has 0 saturated carbocycles. The predicted octanol–water partition coefficient (Wildman–Crippen LogP) is 3.03. The number of carbonyl (C=O) groups excluding carboxylic acids is 1. The minimum absolute atomic E-state index is 0.0236. The van der Waals surface area contributed by atoms with Crippen molar-refractivity contribution in [2.75, 3.05) is 6.54 Å². The number of likely N-dealkylation sites (tertiary alicyclic amines) is 1. The lowest BCUT2D eigenvalue weighted by molar-refractivity contribution is -0.134. The second kappa shape index (κ2) is 6.16. The zero-order chi connectivity index (χ0) is 15.6. The van der Waals surface area contributed by atoms with Crippen LogP contribution in [0.15, 0.2) is 6.33 Å². The van der Waals surface area contributed by atoms with Gasteiger partial charge in [-0.25, -0.2) is 0 Å². The van der Waals surface area contributed by atoms with Gasteiger partial charge in [0.25, 0.3) is 0 Å². The third-order valence-corrected chi connectivity index (χ3v) is 3.76. The topological polar surface area (TPSA) is 51.0 Å². The Kier molecular flexibility index (Phi) is 4.69. The Morgan fingerprint density at radius 1 is 1.43 bits per heavy atom. The summed E-state index contributed by atoms with van der Waals surface area (Å²) in [4.78, 5) is 14.6. The van der Waals surface area contributed by atoms with Gasteiger partial charge in [0.1, 0.15) is 6.33 Å². The highest BCUT2D eigenvalue weighted by Gasteiger charge is 2.34. The second-order valence-electron chi connectivity index (χ2n) is 7.72. The van der Waals surface area contributed by atoms with Crippen LogP contribution in [0.5, 0.6) is 0 Å².